The van der Waals surface area contributed by atoms with E-state index in [0.29, 0.717) is 6.04 Å². The van der Waals surface area contributed by atoms with Gasteiger partial charge in [0.25, 0.3) is 0 Å². The van der Waals surface area contributed by atoms with Crippen LogP contribution in [0.15, 0.2) is 18.2 Å². The highest BCUT2D eigenvalue weighted by Gasteiger charge is 2.19. The van der Waals surface area contributed by atoms with Crippen LogP contribution in [0.5, 0.6) is 5.75 Å². The van der Waals surface area contributed by atoms with Crippen LogP contribution < -0.4 is 10.1 Å². The third-order valence-electron chi connectivity index (χ3n) is 2.65. The standard InChI is InChI=1S/C11H14ClNO/c1-14-10-6-2-4-8(11(10)12)9-5-3-7-13-9/h2,4,6,9,13H,3,5,7H2,1H3/t9-/m0/s1. The molecular formula is C11H14ClNO. The molecule has 1 aromatic carbocycles. The van der Waals surface area contributed by atoms with E-state index in [-0.39, 0.29) is 0 Å². The third-order valence-corrected chi connectivity index (χ3v) is 3.05. The van der Waals surface area contributed by atoms with Crippen molar-refractivity contribution in [3.8, 4) is 5.75 Å². The molecule has 1 fully saturated rings. The lowest BCUT2D eigenvalue weighted by atomic mass is 10.1. The Hall–Kier alpha value is -0.730. The summed E-state index contributed by atoms with van der Waals surface area (Å²) in [7, 11) is 1.65. The van der Waals surface area contributed by atoms with Gasteiger partial charge >= 0.3 is 0 Å². The van der Waals surface area contributed by atoms with Crippen molar-refractivity contribution >= 4 is 11.6 Å². The van der Waals surface area contributed by atoms with Crippen molar-refractivity contribution < 1.29 is 4.74 Å². The van der Waals surface area contributed by atoms with E-state index in [0.717, 1.165) is 29.3 Å². The highest BCUT2D eigenvalue weighted by Crippen LogP contribution is 2.34. The third kappa shape index (κ3) is 1.72. The van der Waals surface area contributed by atoms with E-state index in [9.17, 15) is 0 Å². The summed E-state index contributed by atoms with van der Waals surface area (Å²) >= 11 is 6.22. The lowest BCUT2D eigenvalue weighted by molar-refractivity contribution is 0.414. The quantitative estimate of drug-likeness (QED) is 0.813. The van der Waals surface area contributed by atoms with Crippen molar-refractivity contribution in [2.75, 3.05) is 13.7 Å². The predicted octanol–water partition coefficient (Wildman–Crippen LogP) is 2.77. The lowest BCUT2D eigenvalue weighted by Crippen LogP contribution is -2.13. The minimum atomic E-state index is 0.401. The Kier molecular flexibility index (Phi) is 2.94. The van der Waals surface area contributed by atoms with Crippen molar-refractivity contribution in [1.82, 2.24) is 5.32 Å². The van der Waals surface area contributed by atoms with E-state index >= 15 is 0 Å². The summed E-state index contributed by atoms with van der Waals surface area (Å²) in [5.74, 6) is 0.762. The molecule has 1 atom stereocenters. The Bertz CT molecular complexity index is 321. The topological polar surface area (TPSA) is 21.3 Å². The molecule has 0 spiro atoms. The van der Waals surface area contributed by atoms with Crippen LogP contribution in [0.2, 0.25) is 5.02 Å². The van der Waals surface area contributed by atoms with Crippen LogP contribution in [0, 0.1) is 0 Å². The molecule has 0 radical (unpaired) electrons. The second-order valence-corrected chi connectivity index (χ2v) is 3.89. The molecule has 0 aromatic heterocycles. The minimum Gasteiger partial charge on any atom is -0.495 e. The van der Waals surface area contributed by atoms with Crippen LogP contribution in [0.3, 0.4) is 0 Å². The summed E-state index contributed by atoms with van der Waals surface area (Å²) in [4.78, 5) is 0. The Morgan fingerprint density at radius 3 is 3.00 bits per heavy atom. The molecule has 2 nitrogen and oxygen atoms in total. The first kappa shape index (κ1) is 9.81. The summed E-state index contributed by atoms with van der Waals surface area (Å²) in [5, 5.41) is 4.17. The molecule has 3 heteroatoms. The number of benzene rings is 1. The van der Waals surface area contributed by atoms with Gasteiger partial charge in [0.1, 0.15) is 5.75 Å². The fourth-order valence-corrected chi connectivity index (χ4v) is 2.24. The van der Waals surface area contributed by atoms with Crippen molar-refractivity contribution in [2.45, 2.75) is 18.9 Å². The molecule has 1 saturated heterocycles. The van der Waals surface area contributed by atoms with Crippen molar-refractivity contribution in [1.29, 1.82) is 0 Å². The molecule has 1 heterocycles. The summed E-state index contributed by atoms with van der Waals surface area (Å²) in [5.41, 5.74) is 1.16. The zero-order valence-electron chi connectivity index (χ0n) is 8.22. The average Bonchev–Trinajstić information content (AvgIpc) is 2.71. The molecule has 1 aromatic rings. The van der Waals surface area contributed by atoms with E-state index in [4.69, 9.17) is 16.3 Å². The normalized spacial score (nSPS) is 21.1. The molecule has 0 saturated carbocycles. The Morgan fingerprint density at radius 1 is 1.50 bits per heavy atom. The summed E-state index contributed by atoms with van der Waals surface area (Å²) in [6.07, 6.45) is 2.38. The predicted molar refractivity (Wildman–Crippen MR) is 58.0 cm³/mol. The fourth-order valence-electron chi connectivity index (χ4n) is 1.90. The zero-order chi connectivity index (χ0) is 9.97. The largest absolute Gasteiger partial charge is 0.495 e. The van der Waals surface area contributed by atoms with Crippen LogP contribution in [0.25, 0.3) is 0 Å². The SMILES string of the molecule is COc1cccc([C@@H]2CCCN2)c1Cl. The van der Waals surface area contributed by atoms with Gasteiger partial charge in [-0.25, -0.2) is 0 Å². The maximum absolute atomic E-state index is 6.22. The maximum atomic E-state index is 6.22. The van der Waals surface area contributed by atoms with Crippen molar-refractivity contribution in [2.24, 2.45) is 0 Å². The van der Waals surface area contributed by atoms with Gasteiger partial charge in [0.05, 0.1) is 12.1 Å². The van der Waals surface area contributed by atoms with Crippen LogP contribution in [0.4, 0.5) is 0 Å². The molecule has 14 heavy (non-hydrogen) atoms. The smallest absolute Gasteiger partial charge is 0.137 e. The monoisotopic (exact) mass is 211 g/mol. The molecule has 0 amide bonds. The number of hydrogen-bond acceptors (Lipinski definition) is 2. The summed E-state index contributed by atoms with van der Waals surface area (Å²) in [6.45, 7) is 1.08. The number of halogens is 1. The van der Waals surface area contributed by atoms with Gasteiger partial charge in [-0.1, -0.05) is 23.7 Å². The van der Waals surface area contributed by atoms with Crippen LogP contribution in [-0.4, -0.2) is 13.7 Å². The van der Waals surface area contributed by atoms with Gasteiger partial charge in [0, 0.05) is 6.04 Å². The van der Waals surface area contributed by atoms with Gasteiger partial charge in [-0.3, -0.25) is 0 Å². The highest BCUT2D eigenvalue weighted by molar-refractivity contribution is 6.32. The number of methoxy groups -OCH3 is 1. The van der Waals surface area contributed by atoms with Crippen molar-refractivity contribution in [3.05, 3.63) is 28.8 Å². The number of nitrogens with one attached hydrogen (secondary N) is 1. The van der Waals surface area contributed by atoms with E-state index in [1.165, 1.54) is 6.42 Å². The fraction of sp³-hybridized carbons (Fsp3) is 0.455. The van der Waals surface area contributed by atoms with E-state index in [1.807, 2.05) is 12.1 Å². The molecule has 1 aliphatic heterocycles. The molecule has 0 aliphatic carbocycles. The van der Waals surface area contributed by atoms with Crippen molar-refractivity contribution in [3.63, 3.8) is 0 Å². The zero-order valence-corrected chi connectivity index (χ0v) is 8.97. The number of rotatable bonds is 2. The molecule has 1 aliphatic rings. The van der Waals surface area contributed by atoms with Gasteiger partial charge < -0.3 is 10.1 Å². The Labute approximate surface area is 89.2 Å². The maximum Gasteiger partial charge on any atom is 0.137 e. The first-order valence-electron chi connectivity index (χ1n) is 4.88. The lowest BCUT2D eigenvalue weighted by Gasteiger charge is -2.14. The minimum absolute atomic E-state index is 0.401. The second-order valence-electron chi connectivity index (χ2n) is 3.51. The Morgan fingerprint density at radius 2 is 2.36 bits per heavy atom. The van der Waals surface area contributed by atoms with Gasteiger partial charge in [0.2, 0.25) is 0 Å². The van der Waals surface area contributed by atoms with E-state index < -0.39 is 0 Å². The summed E-state index contributed by atoms with van der Waals surface area (Å²) < 4.78 is 5.19. The highest BCUT2D eigenvalue weighted by atomic mass is 35.5. The van der Waals surface area contributed by atoms with Gasteiger partial charge in [0.15, 0.2) is 0 Å². The van der Waals surface area contributed by atoms with Gasteiger partial charge in [-0.05, 0) is 31.0 Å². The Balaban J connectivity index is 2.32. The molecular weight excluding hydrogens is 198 g/mol. The first-order valence-corrected chi connectivity index (χ1v) is 5.26. The van der Waals surface area contributed by atoms with E-state index in [2.05, 4.69) is 11.4 Å². The summed E-state index contributed by atoms with van der Waals surface area (Å²) in [6, 6.07) is 6.34. The van der Waals surface area contributed by atoms with E-state index in [1.54, 1.807) is 7.11 Å². The average molecular weight is 212 g/mol. The number of hydrogen-bond donors (Lipinski definition) is 1. The second kappa shape index (κ2) is 4.20. The molecule has 1 N–H and O–H groups in total. The molecule has 76 valence electrons. The van der Waals surface area contributed by atoms with Crippen LogP contribution in [0.1, 0.15) is 24.4 Å². The number of ether oxygens (including phenoxy) is 1. The molecule has 0 unspecified atom stereocenters. The van der Waals surface area contributed by atoms with Crippen LogP contribution >= 0.6 is 11.6 Å². The first-order chi connectivity index (χ1) is 6.83. The van der Waals surface area contributed by atoms with Gasteiger partial charge in [-0.15, -0.1) is 0 Å². The molecule has 0 bridgehead atoms. The molecule has 2 rings (SSSR count). The van der Waals surface area contributed by atoms with Gasteiger partial charge in [-0.2, -0.15) is 0 Å². The van der Waals surface area contributed by atoms with Crippen LogP contribution in [-0.2, 0) is 0 Å².